The standard InChI is InChI=1S/C23H21N3O2/c27-22-18-6-4-5-17-20(25-13-2-1-3-14-25)8-7-19(21(17)18)23(28)26(22)15-16-9-11-24-12-10-16/h4-12H,1-3,13-15H2. The van der Waals surface area contributed by atoms with E-state index in [1.807, 2.05) is 42.5 Å². The smallest absolute Gasteiger partial charge is 0.261 e. The van der Waals surface area contributed by atoms with Gasteiger partial charge in [-0.05, 0) is 55.2 Å². The van der Waals surface area contributed by atoms with Crippen molar-refractivity contribution in [2.45, 2.75) is 25.8 Å². The van der Waals surface area contributed by atoms with Crippen molar-refractivity contribution < 1.29 is 9.59 Å². The molecule has 2 aliphatic rings. The number of imide groups is 1. The fourth-order valence-corrected chi connectivity index (χ4v) is 4.36. The number of anilines is 1. The molecule has 0 saturated carbocycles. The van der Waals surface area contributed by atoms with E-state index in [1.54, 1.807) is 12.4 Å². The van der Waals surface area contributed by atoms with Gasteiger partial charge in [-0.2, -0.15) is 0 Å². The SMILES string of the molecule is O=C1c2cccc3c(N4CCCCC4)ccc(c23)C(=O)N1Cc1ccncc1. The van der Waals surface area contributed by atoms with Crippen LogP contribution in [0.4, 0.5) is 5.69 Å². The van der Waals surface area contributed by atoms with Crippen molar-refractivity contribution in [3.05, 3.63) is 71.5 Å². The zero-order valence-corrected chi connectivity index (χ0v) is 15.6. The van der Waals surface area contributed by atoms with Crippen LogP contribution >= 0.6 is 0 Å². The van der Waals surface area contributed by atoms with Gasteiger partial charge < -0.3 is 4.90 Å². The summed E-state index contributed by atoms with van der Waals surface area (Å²) in [6, 6.07) is 13.4. The van der Waals surface area contributed by atoms with Gasteiger partial charge in [-0.3, -0.25) is 19.5 Å². The topological polar surface area (TPSA) is 53.5 Å². The maximum Gasteiger partial charge on any atom is 0.261 e. The van der Waals surface area contributed by atoms with Gasteiger partial charge in [0.15, 0.2) is 0 Å². The van der Waals surface area contributed by atoms with E-state index in [1.165, 1.54) is 24.2 Å². The highest BCUT2D eigenvalue weighted by molar-refractivity contribution is 6.26. The number of carbonyl (C=O) groups is 2. The molecule has 0 unspecified atom stereocenters. The number of pyridine rings is 1. The maximum atomic E-state index is 13.2. The number of piperidine rings is 1. The Hall–Kier alpha value is -3.21. The summed E-state index contributed by atoms with van der Waals surface area (Å²) in [5.74, 6) is -0.452. The third-order valence-corrected chi connectivity index (χ3v) is 5.76. The largest absolute Gasteiger partial charge is 0.371 e. The Kier molecular flexibility index (Phi) is 4.08. The fraction of sp³-hybridized carbons (Fsp3) is 0.261. The van der Waals surface area contributed by atoms with Crippen molar-refractivity contribution in [1.29, 1.82) is 0 Å². The number of benzene rings is 2. The fourth-order valence-electron chi connectivity index (χ4n) is 4.36. The van der Waals surface area contributed by atoms with E-state index in [-0.39, 0.29) is 18.4 Å². The molecule has 1 fully saturated rings. The van der Waals surface area contributed by atoms with E-state index in [9.17, 15) is 9.59 Å². The first-order valence-corrected chi connectivity index (χ1v) is 9.80. The Morgan fingerprint density at radius 2 is 1.54 bits per heavy atom. The molecule has 2 amide bonds. The zero-order valence-electron chi connectivity index (χ0n) is 15.6. The molecular formula is C23H21N3O2. The Bertz CT molecular complexity index is 1050. The van der Waals surface area contributed by atoms with Gasteiger partial charge in [-0.1, -0.05) is 12.1 Å². The van der Waals surface area contributed by atoms with E-state index >= 15 is 0 Å². The van der Waals surface area contributed by atoms with Crippen LogP contribution in [0.3, 0.4) is 0 Å². The summed E-state index contributed by atoms with van der Waals surface area (Å²) in [4.78, 5) is 34.1. The highest BCUT2D eigenvalue weighted by Crippen LogP contribution is 2.37. The van der Waals surface area contributed by atoms with Crippen LogP contribution in [0, 0.1) is 0 Å². The van der Waals surface area contributed by atoms with Crippen molar-refractivity contribution in [2.75, 3.05) is 18.0 Å². The van der Waals surface area contributed by atoms with Gasteiger partial charge in [0.1, 0.15) is 0 Å². The van der Waals surface area contributed by atoms with Gasteiger partial charge in [0.25, 0.3) is 11.8 Å². The van der Waals surface area contributed by atoms with Crippen LogP contribution in [0.1, 0.15) is 45.5 Å². The second-order valence-electron chi connectivity index (χ2n) is 7.46. The summed E-state index contributed by atoms with van der Waals surface area (Å²) in [6.45, 7) is 2.30. The summed E-state index contributed by atoms with van der Waals surface area (Å²) < 4.78 is 0. The summed E-state index contributed by atoms with van der Waals surface area (Å²) in [5, 5.41) is 1.80. The molecule has 5 heteroatoms. The minimum Gasteiger partial charge on any atom is -0.371 e. The Labute approximate surface area is 163 Å². The second kappa shape index (κ2) is 6.75. The zero-order chi connectivity index (χ0) is 19.1. The minimum atomic E-state index is -0.226. The molecule has 2 aromatic carbocycles. The summed E-state index contributed by atoms with van der Waals surface area (Å²) in [7, 11) is 0. The molecular weight excluding hydrogens is 350 g/mol. The number of rotatable bonds is 3. The number of amides is 2. The lowest BCUT2D eigenvalue weighted by atomic mass is 9.92. The van der Waals surface area contributed by atoms with Crippen LogP contribution in [-0.4, -0.2) is 34.8 Å². The van der Waals surface area contributed by atoms with Crippen molar-refractivity contribution in [2.24, 2.45) is 0 Å². The molecule has 1 saturated heterocycles. The van der Waals surface area contributed by atoms with Crippen LogP contribution in [0.2, 0.25) is 0 Å². The van der Waals surface area contributed by atoms with Gasteiger partial charge in [0, 0.05) is 53.1 Å². The third-order valence-electron chi connectivity index (χ3n) is 5.76. The molecule has 0 spiro atoms. The molecule has 0 N–H and O–H groups in total. The quantitative estimate of drug-likeness (QED) is 0.653. The highest BCUT2D eigenvalue weighted by Gasteiger charge is 2.33. The molecule has 0 atom stereocenters. The van der Waals surface area contributed by atoms with Gasteiger partial charge >= 0.3 is 0 Å². The number of aromatic nitrogens is 1. The minimum absolute atomic E-state index is 0.226. The Balaban J connectivity index is 1.61. The number of nitrogens with zero attached hydrogens (tertiary/aromatic N) is 3. The molecule has 5 nitrogen and oxygen atoms in total. The molecule has 28 heavy (non-hydrogen) atoms. The molecule has 0 aliphatic carbocycles. The highest BCUT2D eigenvalue weighted by atomic mass is 16.2. The van der Waals surface area contributed by atoms with Crippen molar-refractivity contribution >= 4 is 28.3 Å². The van der Waals surface area contributed by atoms with Crippen molar-refractivity contribution in [3.63, 3.8) is 0 Å². The molecule has 0 bridgehead atoms. The van der Waals surface area contributed by atoms with E-state index < -0.39 is 0 Å². The summed E-state index contributed by atoms with van der Waals surface area (Å²) in [5.41, 5.74) is 3.24. The number of carbonyl (C=O) groups excluding carboxylic acids is 2. The average molecular weight is 371 g/mol. The van der Waals surface area contributed by atoms with E-state index in [4.69, 9.17) is 0 Å². The first-order valence-electron chi connectivity index (χ1n) is 9.80. The Morgan fingerprint density at radius 3 is 2.29 bits per heavy atom. The van der Waals surface area contributed by atoms with Gasteiger partial charge in [0.05, 0.1) is 6.54 Å². The molecule has 1 aromatic heterocycles. The molecule has 3 heterocycles. The van der Waals surface area contributed by atoms with Crippen LogP contribution in [-0.2, 0) is 6.54 Å². The van der Waals surface area contributed by atoms with Crippen LogP contribution < -0.4 is 4.90 Å². The maximum absolute atomic E-state index is 13.2. The van der Waals surface area contributed by atoms with Gasteiger partial charge in [0.2, 0.25) is 0 Å². The normalized spacial score (nSPS) is 16.7. The summed E-state index contributed by atoms with van der Waals surface area (Å²) >= 11 is 0. The lowest BCUT2D eigenvalue weighted by Crippen LogP contribution is -2.40. The monoisotopic (exact) mass is 371 g/mol. The third kappa shape index (κ3) is 2.66. The van der Waals surface area contributed by atoms with Gasteiger partial charge in [-0.25, -0.2) is 0 Å². The lowest BCUT2D eigenvalue weighted by molar-refractivity contribution is 0.0598. The second-order valence-corrected chi connectivity index (χ2v) is 7.46. The van der Waals surface area contributed by atoms with E-state index in [0.29, 0.717) is 11.1 Å². The van der Waals surface area contributed by atoms with E-state index in [2.05, 4.69) is 9.88 Å². The summed E-state index contributed by atoms with van der Waals surface area (Å²) in [6.07, 6.45) is 6.97. The van der Waals surface area contributed by atoms with Crippen LogP contribution in [0.5, 0.6) is 0 Å². The predicted octanol–water partition coefficient (Wildman–Crippen LogP) is 4.02. The first-order chi connectivity index (χ1) is 13.7. The molecule has 140 valence electrons. The van der Waals surface area contributed by atoms with Crippen molar-refractivity contribution in [3.8, 4) is 0 Å². The Morgan fingerprint density at radius 1 is 0.821 bits per heavy atom. The van der Waals surface area contributed by atoms with Gasteiger partial charge in [-0.15, -0.1) is 0 Å². The molecule has 2 aliphatic heterocycles. The molecule has 5 rings (SSSR count). The molecule has 0 radical (unpaired) electrons. The predicted molar refractivity (Wildman–Crippen MR) is 108 cm³/mol. The number of hydrogen-bond acceptors (Lipinski definition) is 4. The average Bonchev–Trinajstić information content (AvgIpc) is 2.76. The van der Waals surface area contributed by atoms with Crippen LogP contribution in [0.15, 0.2) is 54.9 Å². The first kappa shape index (κ1) is 16.9. The van der Waals surface area contributed by atoms with Crippen LogP contribution in [0.25, 0.3) is 10.8 Å². The van der Waals surface area contributed by atoms with Crippen molar-refractivity contribution in [1.82, 2.24) is 9.88 Å². The number of hydrogen-bond donors (Lipinski definition) is 0. The van der Waals surface area contributed by atoms with E-state index in [0.717, 1.165) is 35.1 Å². The lowest BCUT2D eigenvalue weighted by Gasteiger charge is -2.32. The molecule has 3 aromatic rings.